The van der Waals surface area contributed by atoms with E-state index >= 15 is 0 Å². The van der Waals surface area contributed by atoms with Crippen molar-refractivity contribution in [3.05, 3.63) is 48.6 Å². The lowest BCUT2D eigenvalue weighted by Gasteiger charge is -2.49. The van der Waals surface area contributed by atoms with Crippen molar-refractivity contribution in [3.63, 3.8) is 0 Å². The molecule has 1 rings (SSSR count). The van der Waals surface area contributed by atoms with Crippen LogP contribution in [0.5, 0.6) is 0 Å². The second-order valence-electron chi connectivity index (χ2n) is 14.6. The molecule has 3 nitrogen and oxygen atoms in total. The standard InChI is InChI=1S/C44H81NO2.ClH/c1-4-6-8-10-12-14-16-18-20-22-24-26-28-30-32-34-38-46-40-36-44(42-45(3)43-44)37-41-47-39-35-33-31-29-27-25-23-21-19-17-15-13-11-9-7-5-2;/h12-15,18-21H,4-11,16-17,22-43H2,1-3H3;1H/b14-12-,15-13-,20-18-,21-19-;. The van der Waals surface area contributed by atoms with Gasteiger partial charge in [0.15, 0.2) is 0 Å². The van der Waals surface area contributed by atoms with Gasteiger partial charge in [-0.05, 0) is 96.9 Å². The monoisotopic (exact) mass is 692 g/mol. The number of unbranched alkanes of at least 4 members (excludes halogenated alkanes) is 18. The molecule has 4 heteroatoms. The molecular formula is C44H82ClNO2. The molecule has 1 aliphatic heterocycles. The minimum atomic E-state index is 0. The van der Waals surface area contributed by atoms with Crippen LogP contribution in [-0.2, 0) is 9.47 Å². The Labute approximate surface area is 307 Å². The van der Waals surface area contributed by atoms with E-state index in [0.717, 1.165) is 39.3 Å². The van der Waals surface area contributed by atoms with Gasteiger partial charge >= 0.3 is 0 Å². The molecule has 48 heavy (non-hydrogen) atoms. The highest BCUT2D eigenvalue weighted by atomic mass is 35.5. The summed E-state index contributed by atoms with van der Waals surface area (Å²) in [7, 11) is 2.24. The third-order valence-corrected chi connectivity index (χ3v) is 9.74. The van der Waals surface area contributed by atoms with Gasteiger partial charge in [-0.15, -0.1) is 12.4 Å². The maximum Gasteiger partial charge on any atom is 0.0472 e. The van der Waals surface area contributed by atoms with Gasteiger partial charge < -0.3 is 14.4 Å². The number of likely N-dealkylation sites (tertiary alicyclic amines) is 1. The Hall–Kier alpha value is -0.870. The molecule has 0 aromatic heterocycles. The fourth-order valence-corrected chi connectivity index (χ4v) is 6.71. The fourth-order valence-electron chi connectivity index (χ4n) is 6.71. The summed E-state index contributed by atoms with van der Waals surface area (Å²) in [5, 5.41) is 0. The third-order valence-electron chi connectivity index (χ3n) is 9.74. The largest absolute Gasteiger partial charge is 0.381 e. The van der Waals surface area contributed by atoms with Gasteiger partial charge in [0.05, 0.1) is 0 Å². The molecule has 0 aromatic rings. The molecule has 0 saturated carbocycles. The van der Waals surface area contributed by atoms with Crippen molar-refractivity contribution in [2.24, 2.45) is 5.41 Å². The van der Waals surface area contributed by atoms with Crippen LogP contribution in [0, 0.1) is 5.41 Å². The van der Waals surface area contributed by atoms with E-state index in [9.17, 15) is 0 Å². The molecule has 0 aliphatic carbocycles. The lowest BCUT2D eigenvalue weighted by Crippen LogP contribution is -2.55. The Kier molecular flexibility index (Phi) is 36.7. The normalized spacial score (nSPS) is 15.0. The Morgan fingerprint density at radius 3 is 1.12 bits per heavy atom. The Morgan fingerprint density at radius 1 is 0.438 bits per heavy atom. The topological polar surface area (TPSA) is 21.7 Å². The van der Waals surface area contributed by atoms with E-state index in [4.69, 9.17) is 9.47 Å². The quantitative estimate of drug-likeness (QED) is 0.0482. The molecular weight excluding hydrogens is 610 g/mol. The van der Waals surface area contributed by atoms with Crippen LogP contribution in [0.2, 0.25) is 0 Å². The van der Waals surface area contributed by atoms with Crippen molar-refractivity contribution < 1.29 is 9.47 Å². The van der Waals surface area contributed by atoms with Crippen LogP contribution in [0.25, 0.3) is 0 Å². The van der Waals surface area contributed by atoms with E-state index < -0.39 is 0 Å². The summed E-state index contributed by atoms with van der Waals surface area (Å²) in [6.45, 7) is 10.6. The summed E-state index contributed by atoms with van der Waals surface area (Å²) < 4.78 is 12.2. The maximum absolute atomic E-state index is 6.08. The number of ether oxygens (including phenoxy) is 2. The van der Waals surface area contributed by atoms with Crippen LogP contribution in [-0.4, -0.2) is 51.5 Å². The van der Waals surface area contributed by atoms with E-state index in [0.29, 0.717) is 5.41 Å². The summed E-state index contributed by atoms with van der Waals surface area (Å²) in [5.74, 6) is 0. The highest BCUT2D eigenvalue weighted by Crippen LogP contribution is 2.36. The highest BCUT2D eigenvalue weighted by molar-refractivity contribution is 5.85. The van der Waals surface area contributed by atoms with Gasteiger partial charge in [0.2, 0.25) is 0 Å². The number of rotatable bonds is 36. The first-order valence-corrected chi connectivity index (χ1v) is 20.7. The van der Waals surface area contributed by atoms with E-state index in [1.54, 1.807) is 0 Å². The minimum absolute atomic E-state index is 0. The molecule has 282 valence electrons. The van der Waals surface area contributed by atoms with Crippen molar-refractivity contribution >= 4 is 12.4 Å². The molecule has 1 saturated heterocycles. The van der Waals surface area contributed by atoms with Gasteiger partial charge in [0.25, 0.3) is 0 Å². The number of hydrogen-bond donors (Lipinski definition) is 0. The number of hydrogen-bond acceptors (Lipinski definition) is 3. The SMILES string of the molecule is CCCCC/C=C\C/C=C\CCCCCCCCOCCC1(CCOCCCCCCCC/C=C\C/C=C\CCCCC)CN(C)C1.Cl. The molecule has 0 aromatic carbocycles. The van der Waals surface area contributed by atoms with Crippen LogP contribution in [0.15, 0.2) is 48.6 Å². The first-order valence-electron chi connectivity index (χ1n) is 20.7. The zero-order valence-corrected chi connectivity index (χ0v) is 33.2. The first-order chi connectivity index (χ1) is 23.2. The molecule has 0 amide bonds. The van der Waals surface area contributed by atoms with E-state index in [2.05, 4.69) is 74.4 Å². The summed E-state index contributed by atoms with van der Waals surface area (Å²) in [4.78, 5) is 2.45. The van der Waals surface area contributed by atoms with Gasteiger partial charge in [0.1, 0.15) is 0 Å². The van der Waals surface area contributed by atoms with E-state index in [-0.39, 0.29) is 12.4 Å². The van der Waals surface area contributed by atoms with E-state index in [1.165, 1.54) is 167 Å². The van der Waals surface area contributed by atoms with E-state index in [1.807, 2.05) is 0 Å². The predicted molar refractivity (Wildman–Crippen MR) is 217 cm³/mol. The Morgan fingerprint density at radius 2 is 0.771 bits per heavy atom. The van der Waals surface area contributed by atoms with Crippen molar-refractivity contribution in [3.8, 4) is 0 Å². The van der Waals surface area contributed by atoms with Gasteiger partial charge in [0, 0.05) is 44.9 Å². The average Bonchev–Trinajstić information content (AvgIpc) is 3.06. The maximum atomic E-state index is 6.08. The molecule has 0 N–H and O–H groups in total. The Balaban J connectivity index is 0.0000221. The molecule has 0 atom stereocenters. The summed E-state index contributed by atoms with van der Waals surface area (Å²) in [6.07, 6.45) is 52.3. The second-order valence-corrected chi connectivity index (χ2v) is 14.6. The molecule has 0 bridgehead atoms. The van der Waals surface area contributed by atoms with Crippen LogP contribution in [0.1, 0.15) is 181 Å². The zero-order chi connectivity index (χ0) is 33.8. The first kappa shape index (κ1) is 47.1. The second kappa shape index (κ2) is 37.4. The fraction of sp³-hybridized carbons (Fsp3) is 0.818. The Bertz CT molecular complexity index is 699. The molecule has 1 fully saturated rings. The lowest BCUT2D eigenvalue weighted by atomic mass is 9.75. The number of nitrogens with zero attached hydrogens (tertiary/aromatic N) is 1. The molecule has 0 spiro atoms. The van der Waals surface area contributed by atoms with Gasteiger partial charge in [-0.3, -0.25) is 0 Å². The van der Waals surface area contributed by atoms with Crippen molar-refractivity contribution in [1.29, 1.82) is 0 Å². The van der Waals surface area contributed by atoms with Gasteiger partial charge in [-0.25, -0.2) is 0 Å². The molecule has 1 heterocycles. The molecule has 0 unspecified atom stereocenters. The summed E-state index contributed by atoms with van der Waals surface area (Å²) in [6, 6.07) is 0. The summed E-state index contributed by atoms with van der Waals surface area (Å²) in [5.41, 5.74) is 0.424. The smallest absolute Gasteiger partial charge is 0.0472 e. The van der Waals surface area contributed by atoms with Gasteiger partial charge in [-0.2, -0.15) is 0 Å². The van der Waals surface area contributed by atoms with Crippen LogP contribution in [0.4, 0.5) is 0 Å². The third kappa shape index (κ3) is 31.1. The van der Waals surface area contributed by atoms with Crippen LogP contribution in [0.3, 0.4) is 0 Å². The number of halogens is 1. The zero-order valence-electron chi connectivity index (χ0n) is 32.4. The van der Waals surface area contributed by atoms with Crippen molar-refractivity contribution in [2.75, 3.05) is 46.6 Å². The lowest BCUT2D eigenvalue weighted by molar-refractivity contribution is -0.0366. The van der Waals surface area contributed by atoms with Crippen LogP contribution < -0.4 is 0 Å². The molecule has 1 aliphatic rings. The summed E-state index contributed by atoms with van der Waals surface area (Å²) >= 11 is 0. The van der Waals surface area contributed by atoms with Crippen molar-refractivity contribution in [2.45, 2.75) is 181 Å². The van der Waals surface area contributed by atoms with Crippen LogP contribution >= 0.6 is 12.4 Å². The van der Waals surface area contributed by atoms with Crippen molar-refractivity contribution in [1.82, 2.24) is 4.90 Å². The predicted octanol–water partition coefficient (Wildman–Crippen LogP) is 13.8. The number of allylic oxidation sites excluding steroid dienone is 8. The highest BCUT2D eigenvalue weighted by Gasteiger charge is 2.40. The average molecular weight is 693 g/mol. The van der Waals surface area contributed by atoms with Gasteiger partial charge in [-0.1, -0.05) is 140 Å². The molecule has 0 radical (unpaired) electrons. The minimum Gasteiger partial charge on any atom is -0.381 e.